The van der Waals surface area contributed by atoms with E-state index >= 15 is 0 Å². The topological polar surface area (TPSA) is 92.9 Å². The Kier molecular flexibility index (Phi) is 3.69. The van der Waals surface area contributed by atoms with Crippen LogP contribution in [0.5, 0.6) is 0 Å². The van der Waals surface area contributed by atoms with Crippen LogP contribution >= 0.6 is 0 Å². The van der Waals surface area contributed by atoms with Crippen LogP contribution in [0.1, 0.15) is 38.4 Å². The summed E-state index contributed by atoms with van der Waals surface area (Å²) in [5.41, 5.74) is 0. The lowest BCUT2D eigenvalue weighted by molar-refractivity contribution is -0.144. The summed E-state index contributed by atoms with van der Waals surface area (Å²) in [6.07, 6.45) is 4.23. The van der Waals surface area contributed by atoms with Crippen LogP contribution in [0.3, 0.4) is 0 Å². The van der Waals surface area contributed by atoms with Crippen LogP contribution in [-0.2, 0) is 17.9 Å². The zero-order chi connectivity index (χ0) is 14.1. The zero-order valence-corrected chi connectivity index (χ0v) is 11.7. The molecule has 4 unspecified atom stereocenters. The fourth-order valence-corrected chi connectivity index (χ4v) is 3.88. The van der Waals surface area contributed by atoms with Gasteiger partial charge in [0.2, 0.25) is 0 Å². The monoisotopic (exact) mass is 279 g/mol. The van der Waals surface area contributed by atoms with Crippen LogP contribution in [0.15, 0.2) is 0 Å². The number of hydrogen-bond donors (Lipinski definition) is 2. The van der Waals surface area contributed by atoms with E-state index in [2.05, 4.69) is 27.8 Å². The van der Waals surface area contributed by atoms with Crippen molar-refractivity contribution >= 4 is 5.97 Å². The van der Waals surface area contributed by atoms with E-state index in [0.717, 1.165) is 38.1 Å². The minimum Gasteiger partial charge on any atom is -0.481 e. The van der Waals surface area contributed by atoms with E-state index in [1.54, 1.807) is 4.68 Å². The number of aliphatic carboxylic acids is 1. The van der Waals surface area contributed by atoms with Crippen LogP contribution in [0.2, 0.25) is 0 Å². The maximum absolute atomic E-state index is 11.4. The number of nitrogens with one attached hydrogen (secondary N) is 1. The molecule has 2 bridgehead atoms. The van der Waals surface area contributed by atoms with Gasteiger partial charge in [-0.1, -0.05) is 6.92 Å². The molecule has 0 aliphatic heterocycles. The Bertz CT molecular complexity index is 489. The lowest BCUT2D eigenvalue weighted by atomic mass is 9.84. The number of aromatic nitrogens is 4. The summed E-state index contributed by atoms with van der Waals surface area (Å²) in [6, 6.07) is 0.0676. The van der Waals surface area contributed by atoms with Crippen molar-refractivity contribution in [2.45, 2.75) is 51.7 Å². The number of nitrogens with zero attached hydrogens (tertiary/aromatic N) is 4. The molecule has 2 fully saturated rings. The molecule has 20 heavy (non-hydrogen) atoms. The van der Waals surface area contributed by atoms with E-state index < -0.39 is 5.97 Å². The lowest BCUT2D eigenvalue weighted by Gasteiger charge is -2.28. The number of carboxylic acids is 1. The Morgan fingerprint density at radius 3 is 3.00 bits per heavy atom. The number of rotatable bonds is 6. The third kappa shape index (κ3) is 2.30. The Morgan fingerprint density at radius 1 is 1.45 bits per heavy atom. The van der Waals surface area contributed by atoms with Gasteiger partial charge in [0.1, 0.15) is 0 Å². The molecule has 7 nitrogen and oxygen atoms in total. The minimum atomic E-state index is -0.664. The summed E-state index contributed by atoms with van der Waals surface area (Å²) in [5, 5.41) is 24.5. The first-order valence-electron chi connectivity index (χ1n) is 7.42. The van der Waals surface area contributed by atoms with Crippen molar-refractivity contribution in [2.24, 2.45) is 17.8 Å². The molecule has 0 radical (unpaired) electrons. The number of hydrogen-bond acceptors (Lipinski definition) is 5. The maximum Gasteiger partial charge on any atom is 0.308 e. The fraction of sp³-hybridized carbons (Fsp3) is 0.846. The van der Waals surface area contributed by atoms with Crippen molar-refractivity contribution in [3.05, 3.63) is 5.82 Å². The molecule has 2 saturated carbocycles. The molecule has 1 aromatic heterocycles. The highest BCUT2D eigenvalue weighted by molar-refractivity contribution is 5.72. The Labute approximate surface area is 117 Å². The quantitative estimate of drug-likeness (QED) is 0.795. The van der Waals surface area contributed by atoms with Crippen molar-refractivity contribution in [3.63, 3.8) is 0 Å². The van der Waals surface area contributed by atoms with Gasteiger partial charge in [-0.2, -0.15) is 0 Å². The molecule has 0 amide bonds. The number of aryl methyl sites for hydroxylation is 1. The van der Waals surface area contributed by atoms with E-state index in [1.807, 2.05) is 0 Å². The molecule has 3 rings (SSSR count). The Morgan fingerprint density at radius 2 is 2.25 bits per heavy atom. The molecule has 0 aromatic carbocycles. The number of fused-ring (bicyclic) bond motifs is 2. The second kappa shape index (κ2) is 5.47. The molecule has 1 aromatic rings. The summed E-state index contributed by atoms with van der Waals surface area (Å²) in [7, 11) is 0. The zero-order valence-electron chi connectivity index (χ0n) is 11.7. The van der Waals surface area contributed by atoms with E-state index in [1.165, 1.54) is 0 Å². The van der Waals surface area contributed by atoms with Crippen molar-refractivity contribution in [2.75, 3.05) is 0 Å². The third-order valence-corrected chi connectivity index (χ3v) is 4.74. The highest BCUT2D eigenvalue weighted by Gasteiger charge is 2.50. The highest BCUT2D eigenvalue weighted by Crippen LogP contribution is 2.48. The molecule has 0 spiro atoms. The standard InChI is InChI=1S/C13H21N5O2/c1-2-5-18-10(15-16-17-18)7-14-12-9-4-3-8(6-9)11(12)13(19)20/h8-9,11-12,14H,2-7H2,1H3,(H,19,20). The largest absolute Gasteiger partial charge is 0.481 e. The van der Waals surface area contributed by atoms with Crippen molar-refractivity contribution in [3.8, 4) is 0 Å². The maximum atomic E-state index is 11.4. The first kappa shape index (κ1) is 13.5. The SMILES string of the molecule is CCCn1nnnc1CNC1C2CCC(C2)C1C(=O)O. The van der Waals surface area contributed by atoms with Crippen LogP contribution in [0, 0.1) is 17.8 Å². The van der Waals surface area contributed by atoms with Crippen LogP contribution in [0.25, 0.3) is 0 Å². The van der Waals surface area contributed by atoms with Gasteiger partial charge in [-0.3, -0.25) is 4.79 Å². The molecule has 2 N–H and O–H groups in total. The molecule has 4 atom stereocenters. The highest BCUT2D eigenvalue weighted by atomic mass is 16.4. The lowest BCUT2D eigenvalue weighted by Crippen LogP contribution is -2.44. The van der Waals surface area contributed by atoms with Gasteiger partial charge in [-0.25, -0.2) is 4.68 Å². The summed E-state index contributed by atoms with van der Waals surface area (Å²) in [6.45, 7) is 3.42. The molecular weight excluding hydrogens is 258 g/mol. The average molecular weight is 279 g/mol. The third-order valence-electron chi connectivity index (χ3n) is 4.74. The first-order chi connectivity index (χ1) is 9.70. The van der Waals surface area contributed by atoms with Gasteiger partial charge in [0.25, 0.3) is 0 Å². The second-order valence-corrected chi connectivity index (χ2v) is 5.92. The van der Waals surface area contributed by atoms with Gasteiger partial charge in [0.05, 0.1) is 12.5 Å². The summed E-state index contributed by atoms with van der Waals surface area (Å²) >= 11 is 0. The summed E-state index contributed by atoms with van der Waals surface area (Å²) < 4.78 is 1.79. The Balaban J connectivity index is 1.65. The van der Waals surface area contributed by atoms with Gasteiger partial charge < -0.3 is 10.4 Å². The molecular formula is C13H21N5O2. The second-order valence-electron chi connectivity index (χ2n) is 5.92. The number of carboxylic acid groups (broad SMARTS) is 1. The molecule has 2 aliphatic carbocycles. The van der Waals surface area contributed by atoms with E-state index in [0.29, 0.717) is 18.4 Å². The van der Waals surface area contributed by atoms with E-state index in [4.69, 9.17) is 0 Å². The van der Waals surface area contributed by atoms with Gasteiger partial charge in [-0.05, 0) is 47.9 Å². The van der Waals surface area contributed by atoms with Crippen molar-refractivity contribution in [1.82, 2.24) is 25.5 Å². The normalized spacial score (nSPS) is 31.9. The predicted octanol–water partition coefficient (Wildman–Crippen LogP) is 0.672. The number of carbonyl (C=O) groups is 1. The van der Waals surface area contributed by atoms with E-state index in [-0.39, 0.29) is 12.0 Å². The Hall–Kier alpha value is -1.50. The van der Waals surface area contributed by atoms with Crippen LogP contribution < -0.4 is 5.32 Å². The van der Waals surface area contributed by atoms with Gasteiger partial charge >= 0.3 is 5.97 Å². The smallest absolute Gasteiger partial charge is 0.308 e. The summed E-state index contributed by atoms with van der Waals surface area (Å²) in [5.74, 6) is 0.726. The molecule has 2 aliphatic rings. The van der Waals surface area contributed by atoms with Crippen LogP contribution in [0.4, 0.5) is 0 Å². The van der Waals surface area contributed by atoms with Gasteiger partial charge in [0, 0.05) is 12.6 Å². The molecule has 7 heteroatoms. The minimum absolute atomic E-state index is 0.0676. The number of tetrazole rings is 1. The van der Waals surface area contributed by atoms with Crippen LogP contribution in [-0.4, -0.2) is 37.3 Å². The molecule has 0 saturated heterocycles. The van der Waals surface area contributed by atoms with Gasteiger partial charge in [-0.15, -0.1) is 5.10 Å². The summed E-state index contributed by atoms with van der Waals surface area (Å²) in [4.78, 5) is 11.4. The first-order valence-corrected chi connectivity index (χ1v) is 7.42. The van der Waals surface area contributed by atoms with Crippen molar-refractivity contribution in [1.29, 1.82) is 0 Å². The average Bonchev–Trinajstić information content (AvgIpc) is 3.11. The van der Waals surface area contributed by atoms with Gasteiger partial charge in [0.15, 0.2) is 5.82 Å². The predicted molar refractivity (Wildman–Crippen MR) is 70.7 cm³/mol. The fourth-order valence-electron chi connectivity index (χ4n) is 3.88. The molecule has 110 valence electrons. The molecule has 1 heterocycles. The van der Waals surface area contributed by atoms with Crippen molar-refractivity contribution < 1.29 is 9.90 Å². The van der Waals surface area contributed by atoms with E-state index in [9.17, 15) is 9.90 Å².